The fraction of sp³-hybridized carbons (Fsp3) is 0.611. The molecule has 0 radical (unpaired) electrons. The summed E-state index contributed by atoms with van der Waals surface area (Å²) in [6, 6.07) is 13.3. The summed E-state index contributed by atoms with van der Waals surface area (Å²) in [6.45, 7) is 5.97. The fourth-order valence-electron chi connectivity index (χ4n) is 3.53. The van der Waals surface area contributed by atoms with Crippen LogP contribution in [0.1, 0.15) is 24.8 Å². The Balaban J connectivity index is 1.56. The summed E-state index contributed by atoms with van der Waals surface area (Å²) in [7, 11) is 0. The number of ether oxygens (including phenoxy) is 1. The summed E-state index contributed by atoms with van der Waals surface area (Å²) >= 11 is 0. The molecule has 0 saturated carbocycles. The molecular formula is C18H25N3O. The minimum Gasteiger partial charge on any atom is -0.377 e. The third-order valence-electron chi connectivity index (χ3n) is 4.73. The molecule has 2 aliphatic heterocycles. The topological polar surface area (TPSA) is 39.5 Å². The van der Waals surface area contributed by atoms with Crippen LogP contribution in [0.2, 0.25) is 0 Å². The van der Waals surface area contributed by atoms with Gasteiger partial charge in [0.2, 0.25) is 0 Å². The molecule has 2 saturated heterocycles. The summed E-state index contributed by atoms with van der Waals surface area (Å²) in [5.41, 5.74) is 1.35. The highest BCUT2D eigenvalue weighted by molar-refractivity contribution is 5.14. The molecule has 0 spiro atoms. The molecule has 4 heteroatoms. The lowest BCUT2D eigenvalue weighted by Crippen LogP contribution is -2.54. The molecule has 22 heavy (non-hydrogen) atoms. The zero-order valence-corrected chi connectivity index (χ0v) is 13.2. The van der Waals surface area contributed by atoms with E-state index in [0.29, 0.717) is 18.6 Å². The van der Waals surface area contributed by atoms with E-state index < -0.39 is 0 Å². The van der Waals surface area contributed by atoms with Crippen molar-refractivity contribution >= 4 is 0 Å². The maximum atomic E-state index is 9.15. The largest absolute Gasteiger partial charge is 0.377 e. The normalized spacial score (nSPS) is 26.9. The first-order valence-corrected chi connectivity index (χ1v) is 8.34. The molecule has 2 fully saturated rings. The second kappa shape index (κ2) is 7.73. The van der Waals surface area contributed by atoms with Crippen LogP contribution in [0.25, 0.3) is 0 Å². The van der Waals surface area contributed by atoms with E-state index in [0.717, 1.165) is 39.3 Å². The average Bonchev–Trinajstić information content (AvgIpc) is 3.04. The van der Waals surface area contributed by atoms with Crippen LogP contribution < -0.4 is 0 Å². The Morgan fingerprint density at radius 1 is 1.23 bits per heavy atom. The smallest absolute Gasteiger partial charge is 0.0702 e. The van der Waals surface area contributed by atoms with Gasteiger partial charge in [0.15, 0.2) is 0 Å². The molecule has 0 aliphatic carbocycles. The van der Waals surface area contributed by atoms with E-state index in [9.17, 15) is 0 Å². The number of rotatable bonds is 5. The second-order valence-electron chi connectivity index (χ2n) is 6.37. The van der Waals surface area contributed by atoms with Crippen molar-refractivity contribution in [1.29, 1.82) is 5.26 Å². The first-order valence-electron chi connectivity index (χ1n) is 8.34. The van der Waals surface area contributed by atoms with Gasteiger partial charge in [-0.3, -0.25) is 9.80 Å². The van der Waals surface area contributed by atoms with Crippen LogP contribution >= 0.6 is 0 Å². The van der Waals surface area contributed by atoms with Crippen molar-refractivity contribution in [2.24, 2.45) is 0 Å². The molecule has 4 nitrogen and oxygen atoms in total. The third-order valence-corrected chi connectivity index (χ3v) is 4.73. The predicted octanol–water partition coefficient (Wildman–Crippen LogP) is 2.27. The van der Waals surface area contributed by atoms with Crippen LogP contribution in [0, 0.1) is 11.3 Å². The predicted molar refractivity (Wildman–Crippen MR) is 86.3 cm³/mol. The van der Waals surface area contributed by atoms with Gasteiger partial charge in [0.25, 0.3) is 0 Å². The number of piperazine rings is 1. The minimum absolute atomic E-state index is 0.340. The number of nitriles is 1. The van der Waals surface area contributed by atoms with E-state index in [1.54, 1.807) is 0 Å². The van der Waals surface area contributed by atoms with Crippen LogP contribution in [0.4, 0.5) is 0 Å². The zero-order valence-electron chi connectivity index (χ0n) is 13.2. The van der Waals surface area contributed by atoms with Crippen LogP contribution in [0.5, 0.6) is 0 Å². The van der Waals surface area contributed by atoms with Gasteiger partial charge in [-0.05, 0) is 18.4 Å². The highest BCUT2D eigenvalue weighted by atomic mass is 16.5. The monoisotopic (exact) mass is 299 g/mol. The fourth-order valence-corrected chi connectivity index (χ4v) is 3.53. The summed E-state index contributed by atoms with van der Waals surface area (Å²) in [5.74, 6) is 0. The Kier molecular flexibility index (Phi) is 5.44. The zero-order chi connectivity index (χ0) is 15.2. The molecule has 1 aromatic rings. The van der Waals surface area contributed by atoms with E-state index in [1.807, 2.05) is 0 Å². The third kappa shape index (κ3) is 4.07. The first kappa shape index (κ1) is 15.5. The summed E-state index contributed by atoms with van der Waals surface area (Å²) in [4.78, 5) is 4.95. The Labute approximate surface area is 133 Å². The van der Waals surface area contributed by atoms with Crippen molar-refractivity contribution in [3.8, 4) is 6.07 Å². The Hall–Kier alpha value is -1.41. The van der Waals surface area contributed by atoms with E-state index in [4.69, 9.17) is 10.00 Å². The quantitative estimate of drug-likeness (QED) is 0.836. The molecule has 2 atom stereocenters. The van der Waals surface area contributed by atoms with Crippen LogP contribution in [-0.4, -0.2) is 54.7 Å². The van der Waals surface area contributed by atoms with Gasteiger partial charge >= 0.3 is 0 Å². The highest BCUT2D eigenvalue weighted by Crippen LogP contribution is 2.19. The first-order chi connectivity index (χ1) is 10.8. The lowest BCUT2D eigenvalue weighted by molar-refractivity contribution is 0.0192. The molecule has 1 unspecified atom stereocenters. The Bertz CT molecular complexity index is 493. The van der Waals surface area contributed by atoms with Crippen molar-refractivity contribution in [2.75, 3.05) is 32.8 Å². The molecule has 2 aliphatic rings. The molecule has 1 aromatic carbocycles. The van der Waals surface area contributed by atoms with E-state index in [1.165, 1.54) is 18.4 Å². The maximum Gasteiger partial charge on any atom is 0.0702 e. The number of hydrogen-bond donors (Lipinski definition) is 0. The van der Waals surface area contributed by atoms with Gasteiger partial charge in [-0.25, -0.2) is 0 Å². The van der Waals surface area contributed by atoms with Crippen LogP contribution in [-0.2, 0) is 11.3 Å². The molecular weight excluding hydrogens is 274 g/mol. The molecule has 2 heterocycles. The maximum absolute atomic E-state index is 9.15. The highest BCUT2D eigenvalue weighted by Gasteiger charge is 2.29. The molecule has 0 aromatic heterocycles. The summed E-state index contributed by atoms with van der Waals surface area (Å²) in [6.07, 6.45) is 3.34. The van der Waals surface area contributed by atoms with Crippen molar-refractivity contribution in [2.45, 2.75) is 38.0 Å². The summed E-state index contributed by atoms with van der Waals surface area (Å²) < 4.78 is 5.77. The van der Waals surface area contributed by atoms with Crippen molar-refractivity contribution in [3.05, 3.63) is 35.9 Å². The second-order valence-corrected chi connectivity index (χ2v) is 6.37. The van der Waals surface area contributed by atoms with Gasteiger partial charge in [0.1, 0.15) is 0 Å². The van der Waals surface area contributed by atoms with Gasteiger partial charge < -0.3 is 4.74 Å². The van der Waals surface area contributed by atoms with Gasteiger partial charge in [-0.2, -0.15) is 5.26 Å². The van der Waals surface area contributed by atoms with Gasteiger partial charge in [-0.1, -0.05) is 30.3 Å². The van der Waals surface area contributed by atoms with Crippen molar-refractivity contribution in [3.63, 3.8) is 0 Å². The molecule has 0 amide bonds. The number of hydrogen-bond acceptors (Lipinski definition) is 4. The van der Waals surface area contributed by atoms with E-state index >= 15 is 0 Å². The molecule has 3 rings (SSSR count). The van der Waals surface area contributed by atoms with Crippen LogP contribution in [0.3, 0.4) is 0 Å². The number of benzene rings is 1. The standard InChI is InChI=1S/C18H25N3O/c19-9-8-17-14-20(13-16-5-2-1-3-6-16)10-11-21(17)15-18-7-4-12-22-18/h1-3,5-6,17-18H,4,7-8,10-15H2/t17-,18?/m0/s1. The SMILES string of the molecule is N#CC[C@H]1CN(Cc2ccccc2)CCN1CC1CCCO1. The lowest BCUT2D eigenvalue weighted by Gasteiger charge is -2.41. The molecule has 0 N–H and O–H groups in total. The Morgan fingerprint density at radius 3 is 2.82 bits per heavy atom. The minimum atomic E-state index is 0.340. The van der Waals surface area contributed by atoms with Gasteiger partial charge in [0, 0.05) is 45.4 Å². The van der Waals surface area contributed by atoms with Crippen molar-refractivity contribution < 1.29 is 4.74 Å². The van der Waals surface area contributed by atoms with E-state index in [-0.39, 0.29) is 0 Å². The molecule has 118 valence electrons. The summed E-state index contributed by atoms with van der Waals surface area (Å²) in [5, 5.41) is 9.15. The number of nitrogens with zero attached hydrogens (tertiary/aromatic N) is 3. The molecule has 0 bridgehead atoms. The van der Waals surface area contributed by atoms with Gasteiger partial charge in [0.05, 0.1) is 18.6 Å². The van der Waals surface area contributed by atoms with Gasteiger partial charge in [-0.15, -0.1) is 0 Å². The lowest BCUT2D eigenvalue weighted by atomic mass is 10.1. The van der Waals surface area contributed by atoms with Crippen LogP contribution in [0.15, 0.2) is 30.3 Å². The van der Waals surface area contributed by atoms with Crippen molar-refractivity contribution in [1.82, 2.24) is 9.80 Å². The van der Waals surface area contributed by atoms with E-state index in [2.05, 4.69) is 46.2 Å². The Morgan fingerprint density at radius 2 is 2.09 bits per heavy atom. The average molecular weight is 299 g/mol.